The number of aromatic nitrogens is 1. The fourth-order valence-electron chi connectivity index (χ4n) is 1.49. The maximum absolute atomic E-state index is 11.0. The Bertz CT molecular complexity index is 601. The molecule has 0 aliphatic heterocycles. The number of hydrogen-bond acceptors (Lipinski definition) is 3. The van der Waals surface area contributed by atoms with E-state index in [1.807, 2.05) is 24.3 Å². The average molecular weight is 341 g/mol. The van der Waals surface area contributed by atoms with Crippen LogP contribution in [-0.4, -0.2) is 10.9 Å². The van der Waals surface area contributed by atoms with E-state index in [-0.39, 0.29) is 0 Å². The number of carbonyl (C=O) groups excluding carboxylic acids is 1. The Hall–Kier alpha value is -1.59. The molecule has 19 heavy (non-hydrogen) atoms. The number of nitrogens with two attached hydrogens (primary N) is 1. The van der Waals surface area contributed by atoms with Crippen molar-refractivity contribution >= 4 is 39.3 Å². The van der Waals surface area contributed by atoms with E-state index in [9.17, 15) is 4.79 Å². The van der Waals surface area contributed by atoms with Crippen LogP contribution in [0.5, 0.6) is 0 Å². The number of pyridine rings is 1. The lowest BCUT2D eigenvalue weighted by Gasteiger charge is -2.08. The summed E-state index contributed by atoms with van der Waals surface area (Å²) >= 11 is 9.40. The van der Waals surface area contributed by atoms with Gasteiger partial charge in [-0.2, -0.15) is 0 Å². The Labute approximate surface area is 124 Å². The van der Waals surface area contributed by atoms with Crippen LogP contribution in [0, 0.1) is 0 Å². The number of halogens is 2. The van der Waals surface area contributed by atoms with E-state index >= 15 is 0 Å². The van der Waals surface area contributed by atoms with Crippen molar-refractivity contribution in [3.8, 4) is 0 Å². The molecular formula is C13H11BrClN3O. The molecule has 1 aromatic carbocycles. The summed E-state index contributed by atoms with van der Waals surface area (Å²) in [6.07, 6.45) is 1.40. The van der Waals surface area contributed by atoms with Crippen molar-refractivity contribution in [1.29, 1.82) is 0 Å². The van der Waals surface area contributed by atoms with Crippen LogP contribution >= 0.6 is 27.5 Å². The Kier molecular flexibility index (Phi) is 4.39. The van der Waals surface area contributed by atoms with Crippen LogP contribution in [0.4, 0.5) is 5.82 Å². The lowest BCUT2D eigenvalue weighted by atomic mass is 10.2. The van der Waals surface area contributed by atoms with Crippen LogP contribution in [0.15, 0.2) is 41.0 Å². The van der Waals surface area contributed by atoms with Crippen molar-refractivity contribution in [3.63, 3.8) is 0 Å². The van der Waals surface area contributed by atoms with E-state index in [1.165, 1.54) is 12.3 Å². The molecule has 0 radical (unpaired) electrons. The molecule has 0 saturated carbocycles. The number of nitrogens with one attached hydrogen (secondary N) is 1. The van der Waals surface area contributed by atoms with Gasteiger partial charge in [0, 0.05) is 17.2 Å². The summed E-state index contributed by atoms with van der Waals surface area (Å²) in [5, 5.41) is 3.47. The molecule has 6 heteroatoms. The minimum absolute atomic E-state index is 0.291. The molecule has 4 nitrogen and oxygen atoms in total. The molecule has 0 aliphatic rings. The molecule has 0 saturated heterocycles. The summed E-state index contributed by atoms with van der Waals surface area (Å²) in [6.45, 7) is 0.593. The molecule has 1 amide bonds. The topological polar surface area (TPSA) is 68.0 Å². The van der Waals surface area contributed by atoms with Gasteiger partial charge in [-0.25, -0.2) is 4.98 Å². The van der Waals surface area contributed by atoms with Gasteiger partial charge in [0.15, 0.2) is 0 Å². The molecule has 98 valence electrons. The molecule has 2 rings (SSSR count). The maximum Gasteiger partial charge on any atom is 0.250 e. The SMILES string of the molecule is NC(=O)c1cnc(NCc2ccc(Br)cc2)c(Cl)c1. The third kappa shape index (κ3) is 3.68. The molecule has 0 fully saturated rings. The molecule has 0 aliphatic carbocycles. The summed E-state index contributed by atoms with van der Waals surface area (Å²) < 4.78 is 1.03. The number of nitrogens with zero attached hydrogens (tertiary/aromatic N) is 1. The number of anilines is 1. The average Bonchev–Trinajstić information content (AvgIpc) is 2.39. The van der Waals surface area contributed by atoms with Crippen molar-refractivity contribution in [3.05, 3.63) is 57.2 Å². The normalized spacial score (nSPS) is 10.2. The minimum atomic E-state index is -0.547. The van der Waals surface area contributed by atoms with Gasteiger partial charge in [0.2, 0.25) is 5.91 Å². The number of primary amides is 1. The second-order valence-corrected chi connectivity index (χ2v) is 5.22. The van der Waals surface area contributed by atoms with Crippen LogP contribution in [0.25, 0.3) is 0 Å². The Morgan fingerprint density at radius 3 is 2.63 bits per heavy atom. The number of rotatable bonds is 4. The zero-order chi connectivity index (χ0) is 13.8. The van der Waals surface area contributed by atoms with Gasteiger partial charge < -0.3 is 11.1 Å². The highest BCUT2D eigenvalue weighted by Crippen LogP contribution is 2.21. The van der Waals surface area contributed by atoms with Crippen LogP contribution in [0.3, 0.4) is 0 Å². The second-order valence-electron chi connectivity index (χ2n) is 3.90. The van der Waals surface area contributed by atoms with Crippen LogP contribution in [0.1, 0.15) is 15.9 Å². The fraction of sp³-hybridized carbons (Fsp3) is 0.0769. The first-order valence-corrected chi connectivity index (χ1v) is 6.67. The fourth-order valence-corrected chi connectivity index (χ4v) is 1.99. The lowest BCUT2D eigenvalue weighted by Crippen LogP contribution is -2.12. The molecule has 2 aromatic rings. The van der Waals surface area contributed by atoms with Gasteiger partial charge in [-0.1, -0.05) is 39.7 Å². The summed E-state index contributed by atoms with van der Waals surface area (Å²) in [5.74, 6) is -0.0246. The summed E-state index contributed by atoms with van der Waals surface area (Å²) in [7, 11) is 0. The van der Waals surface area contributed by atoms with Crippen LogP contribution in [-0.2, 0) is 6.54 Å². The maximum atomic E-state index is 11.0. The summed E-state index contributed by atoms with van der Waals surface area (Å²) in [6, 6.07) is 9.40. The quantitative estimate of drug-likeness (QED) is 0.898. The number of hydrogen-bond donors (Lipinski definition) is 2. The second kappa shape index (κ2) is 6.04. The molecule has 0 unspecified atom stereocenters. The van der Waals surface area contributed by atoms with Gasteiger partial charge in [-0.3, -0.25) is 4.79 Å². The van der Waals surface area contributed by atoms with Gasteiger partial charge in [0.05, 0.1) is 10.6 Å². The molecule has 3 N–H and O–H groups in total. The minimum Gasteiger partial charge on any atom is -0.366 e. The largest absolute Gasteiger partial charge is 0.366 e. The number of carbonyl (C=O) groups is 1. The molecule has 0 atom stereocenters. The lowest BCUT2D eigenvalue weighted by molar-refractivity contribution is 0.1000. The Morgan fingerprint density at radius 2 is 2.05 bits per heavy atom. The highest BCUT2D eigenvalue weighted by atomic mass is 79.9. The zero-order valence-electron chi connectivity index (χ0n) is 9.86. The Morgan fingerprint density at radius 1 is 1.37 bits per heavy atom. The van der Waals surface area contributed by atoms with E-state index in [2.05, 4.69) is 26.2 Å². The van der Waals surface area contributed by atoms with Gasteiger partial charge in [-0.15, -0.1) is 0 Å². The van der Waals surface area contributed by atoms with Crippen molar-refractivity contribution in [1.82, 2.24) is 4.98 Å². The smallest absolute Gasteiger partial charge is 0.250 e. The summed E-state index contributed by atoms with van der Waals surface area (Å²) in [4.78, 5) is 15.1. The molecule has 1 heterocycles. The summed E-state index contributed by atoms with van der Waals surface area (Å²) in [5.41, 5.74) is 6.54. The third-order valence-electron chi connectivity index (χ3n) is 2.50. The zero-order valence-corrected chi connectivity index (χ0v) is 12.2. The van der Waals surface area contributed by atoms with Gasteiger partial charge >= 0.3 is 0 Å². The molecule has 1 aromatic heterocycles. The monoisotopic (exact) mass is 339 g/mol. The first-order valence-electron chi connectivity index (χ1n) is 5.50. The van der Waals surface area contributed by atoms with Gasteiger partial charge in [0.25, 0.3) is 0 Å². The predicted molar refractivity (Wildman–Crippen MR) is 79.2 cm³/mol. The number of benzene rings is 1. The van der Waals surface area contributed by atoms with E-state index in [0.29, 0.717) is 22.9 Å². The van der Waals surface area contributed by atoms with E-state index in [4.69, 9.17) is 17.3 Å². The van der Waals surface area contributed by atoms with Gasteiger partial charge in [-0.05, 0) is 23.8 Å². The van der Waals surface area contributed by atoms with E-state index in [0.717, 1.165) is 10.0 Å². The van der Waals surface area contributed by atoms with Crippen molar-refractivity contribution in [2.45, 2.75) is 6.54 Å². The van der Waals surface area contributed by atoms with Crippen molar-refractivity contribution in [2.24, 2.45) is 5.73 Å². The van der Waals surface area contributed by atoms with E-state index < -0.39 is 5.91 Å². The standard InChI is InChI=1S/C13H11BrClN3O/c14-10-3-1-8(2-4-10)6-17-13-11(15)5-9(7-18-13)12(16)19/h1-5,7H,6H2,(H2,16,19)(H,17,18). The van der Waals surface area contributed by atoms with Crippen molar-refractivity contribution in [2.75, 3.05) is 5.32 Å². The first-order chi connectivity index (χ1) is 9.06. The van der Waals surface area contributed by atoms with Gasteiger partial charge in [0.1, 0.15) is 5.82 Å². The predicted octanol–water partition coefficient (Wildman–Crippen LogP) is 3.21. The van der Waals surface area contributed by atoms with Crippen LogP contribution in [0.2, 0.25) is 5.02 Å². The first kappa shape index (κ1) is 13.8. The third-order valence-corrected chi connectivity index (χ3v) is 3.32. The highest BCUT2D eigenvalue weighted by molar-refractivity contribution is 9.10. The molecule has 0 spiro atoms. The van der Waals surface area contributed by atoms with Crippen molar-refractivity contribution < 1.29 is 4.79 Å². The highest BCUT2D eigenvalue weighted by Gasteiger charge is 2.06. The van der Waals surface area contributed by atoms with Crippen LogP contribution < -0.4 is 11.1 Å². The number of amides is 1. The molecule has 0 bridgehead atoms. The molecular weight excluding hydrogens is 330 g/mol. The Balaban J connectivity index is 2.07. The van der Waals surface area contributed by atoms with E-state index in [1.54, 1.807) is 0 Å².